The van der Waals surface area contributed by atoms with Crippen molar-refractivity contribution in [2.75, 3.05) is 26.3 Å². The van der Waals surface area contributed by atoms with Gasteiger partial charge in [-0.1, -0.05) is 36.9 Å². The van der Waals surface area contributed by atoms with E-state index in [2.05, 4.69) is 48.0 Å². The van der Waals surface area contributed by atoms with E-state index >= 15 is 0 Å². The van der Waals surface area contributed by atoms with Gasteiger partial charge in [0.25, 0.3) is 5.91 Å². The molecule has 2 fully saturated rings. The second kappa shape index (κ2) is 11.5. The normalized spacial score (nSPS) is 20.7. The average molecular weight is 504 g/mol. The fourth-order valence-corrected chi connectivity index (χ4v) is 5.53. The van der Waals surface area contributed by atoms with Crippen molar-refractivity contribution in [3.63, 3.8) is 0 Å². The van der Waals surface area contributed by atoms with Crippen LogP contribution in [0.15, 0.2) is 54.7 Å². The Morgan fingerprint density at radius 1 is 1.03 bits per heavy atom. The van der Waals surface area contributed by atoms with Crippen LogP contribution in [0.25, 0.3) is 0 Å². The molecule has 2 aromatic carbocycles. The largest absolute Gasteiger partial charge is 0.489 e. The minimum absolute atomic E-state index is 0.112. The highest BCUT2D eigenvalue weighted by molar-refractivity contribution is 6.02. The molecule has 3 aliphatic rings. The van der Waals surface area contributed by atoms with Crippen LogP contribution >= 0.6 is 0 Å². The third-order valence-corrected chi connectivity index (χ3v) is 7.74. The third-order valence-electron chi connectivity index (χ3n) is 7.74. The van der Waals surface area contributed by atoms with Crippen molar-refractivity contribution in [2.45, 2.75) is 58.3 Å². The van der Waals surface area contributed by atoms with Gasteiger partial charge in [0.05, 0.1) is 6.54 Å². The zero-order chi connectivity index (χ0) is 25.8. The van der Waals surface area contributed by atoms with Gasteiger partial charge in [0.2, 0.25) is 5.91 Å². The molecule has 7 heteroatoms. The first kappa shape index (κ1) is 25.5. The van der Waals surface area contributed by atoms with Gasteiger partial charge in [-0.05, 0) is 74.9 Å². The van der Waals surface area contributed by atoms with Gasteiger partial charge in [0, 0.05) is 36.6 Å². The SMILES string of the molecule is C=C1CCC(N2Cc3c(OCc4ccc(CN5CCC(COCC)CC5)cc4)cccc3C2=O)C(=O)N1. The molecule has 2 saturated heterocycles. The maximum absolute atomic E-state index is 13.1. The second-order valence-corrected chi connectivity index (χ2v) is 10.3. The molecule has 2 aromatic rings. The Kier molecular flexibility index (Phi) is 7.91. The molecule has 2 amide bonds. The van der Waals surface area contributed by atoms with Gasteiger partial charge in [0.1, 0.15) is 18.4 Å². The average Bonchev–Trinajstić information content (AvgIpc) is 3.24. The number of fused-ring (bicyclic) bond motifs is 1. The van der Waals surface area contributed by atoms with E-state index < -0.39 is 6.04 Å². The molecule has 0 bridgehead atoms. The number of amides is 2. The van der Waals surface area contributed by atoms with Gasteiger partial charge in [0.15, 0.2) is 0 Å². The van der Waals surface area contributed by atoms with Gasteiger partial charge in [-0.2, -0.15) is 0 Å². The summed E-state index contributed by atoms with van der Waals surface area (Å²) >= 11 is 0. The van der Waals surface area contributed by atoms with Crippen LogP contribution < -0.4 is 10.1 Å². The Balaban J connectivity index is 1.15. The molecule has 0 saturated carbocycles. The number of rotatable bonds is 9. The second-order valence-electron chi connectivity index (χ2n) is 10.3. The third kappa shape index (κ3) is 5.89. The van der Waals surface area contributed by atoms with E-state index in [9.17, 15) is 9.59 Å². The lowest BCUT2D eigenvalue weighted by Crippen LogP contribution is -2.49. The van der Waals surface area contributed by atoms with E-state index in [0.29, 0.717) is 48.9 Å². The minimum atomic E-state index is -0.471. The molecule has 3 aliphatic heterocycles. The molecule has 0 spiro atoms. The predicted octanol–water partition coefficient (Wildman–Crippen LogP) is 4.26. The van der Waals surface area contributed by atoms with Crippen LogP contribution in [0.4, 0.5) is 0 Å². The van der Waals surface area contributed by atoms with Crippen LogP contribution in [-0.4, -0.2) is 54.0 Å². The highest BCUT2D eigenvalue weighted by Crippen LogP contribution is 2.34. The lowest BCUT2D eigenvalue weighted by atomic mass is 9.97. The van der Waals surface area contributed by atoms with Gasteiger partial charge < -0.3 is 19.7 Å². The van der Waals surface area contributed by atoms with E-state index in [0.717, 1.165) is 44.0 Å². The number of nitrogens with zero attached hydrogens (tertiary/aromatic N) is 2. The van der Waals surface area contributed by atoms with Gasteiger partial charge in [-0.3, -0.25) is 14.5 Å². The van der Waals surface area contributed by atoms with Crippen molar-refractivity contribution in [1.82, 2.24) is 15.1 Å². The Bertz CT molecular complexity index is 1140. The summed E-state index contributed by atoms with van der Waals surface area (Å²) in [5.74, 6) is 1.12. The Hall–Kier alpha value is -3.16. The number of carbonyl (C=O) groups excluding carboxylic acids is 2. The standard InChI is InChI=1S/C30H37N3O4/c1-3-36-19-24-13-15-32(16-14-24)17-22-8-10-23(11-9-22)20-37-28-6-4-5-25-26(28)18-33(30(25)35)27-12-7-21(2)31-29(27)34/h4-6,8-11,24,27H,2-3,7,12-20H2,1H3,(H,31,34). The summed E-state index contributed by atoms with van der Waals surface area (Å²) in [5, 5.41) is 2.79. The zero-order valence-electron chi connectivity index (χ0n) is 21.7. The number of carbonyl (C=O) groups is 2. The lowest BCUT2D eigenvalue weighted by Gasteiger charge is -2.31. The zero-order valence-corrected chi connectivity index (χ0v) is 21.7. The van der Waals surface area contributed by atoms with Crippen molar-refractivity contribution in [2.24, 2.45) is 5.92 Å². The number of benzene rings is 2. The number of piperidine rings is 2. The topological polar surface area (TPSA) is 71.1 Å². The Morgan fingerprint density at radius 3 is 2.51 bits per heavy atom. The minimum Gasteiger partial charge on any atom is -0.489 e. The fraction of sp³-hybridized carbons (Fsp3) is 0.467. The van der Waals surface area contributed by atoms with Crippen molar-refractivity contribution < 1.29 is 19.1 Å². The molecule has 0 radical (unpaired) electrons. The molecule has 7 nitrogen and oxygen atoms in total. The Morgan fingerprint density at radius 2 is 1.78 bits per heavy atom. The number of likely N-dealkylation sites (tertiary alicyclic amines) is 1. The van der Waals surface area contributed by atoms with Crippen LogP contribution in [0.1, 0.15) is 59.7 Å². The van der Waals surface area contributed by atoms with Crippen LogP contribution in [0, 0.1) is 5.92 Å². The Labute approximate surface area is 219 Å². The van der Waals surface area contributed by atoms with Crippen molar-refractivity contribution in [3.8, 4) is 5.75 Å². The van der Waals surface area contributed by atoms with Gasteiger partial charge >= 0.3 is 0 Å². The maximum Gasteiger partial charge on any atom is 0.255 e. The molecule has 1 unspecified atom stereocenters. The quantitative estimate of drug-likeness (QED) is 0.554. The predicted molar refractivity (Wildman–Crippen MR) is 142 cm³/mol. The molecule has 0 aromatic heterocycles. The maximum atomic E-state index is 13.1. The van der Waals surface area contributed by atoms with Crippen molar-refractivity contribution >= 4 is 11.8 Å². The van der Waals surface area contributed by atoms with Gasteiger partial charge in [-0.15, -0.1) is 0 Å². The highest BCUT2D eigenvalue weighted by atomic mass is 16.5. The van der Waals surface area contributed by atoms with E-state index in [1.807, 2.05) is 18.2 Å². The highest BCUT2D eigenvalue weighted by Gasteiger charge is 2.39. The summed E-state index contributed by atoms with van der Waals surface area (Å²) in [7, 11) is 0. The first-order valence-electron chi connectivity index (χ1n) is 13.4. The van der Waals surface area contributed by atoms with Crippen LogP contribution in [-0.2, 0) is 29.2 Å². The van der Waals surface area contributed by atoms with E-state index in [1.165, 1.54) is 18.4 Å². The smallest absolute Gasteiger partial charge is 0.255 e. The van der Waals surface area contributed by atoms with E-state index in [1.54, 1.807) is 4.90 Å². The first-order chi connectivity index (χ1) is 18.0. The van der Waals surface area contributed by atoms with Crippen molar-refractivity contribution in [3.05, 3.63) is 77.0 Å². The molecule has 1 N–H and O–H groups in total. The summed E-state index contributed by atoms with van der Waals surface area (Å²) in [6.07, 6.45) is 3.68. The van der Waals surface area contributed by atoms with Crippen LogP contribution in [0.3, 0.4) is 0 Å². The molecular formula is C30H37N3O4. The lowest BCUT2D eigenvalue weighted by molar-refractivity contribution is -0.126. The van der Waals surface area contributed by atoms with E-state index in [4.69, 9.17) is 9.47 Å². The molecule has 37 heavy (non-hydrogen) atoms. The summed E-state index contributed by atoms with van der Waals surface area (Å²) in [5.41, 5.74) is 4.58. The number of ether oxygens (including phenoxy) is 2. The number of hydrogen-bond donors (Lipinski definition) is 1. The summed E-state index contributed by atoms with van der Waals surface area (Å²) in [4.78, 5) is 29.7. The van der Waals surface area contributed by atoms with Crippen LogP contribution in [0.2, 0.25) is 0 Å². The molecule has 3 heterocycles. The first-order valence-corrected chi connectivity index (χ1v) is 13.4. The molecular weight excluding hydrogens is 466 g/mol. The van der Waals surface area contributed by atoms with E-state index in [-0.39, 0.29) is 11.8 Å². The number of nitrogens with one attached hydrogen (secondary N) is 1. The molecule has 0 aliphatic carbocycles. The summed E-state index contributed by atoms with van der Waals surface area (Å²) in [6.45, 7) is 11.6. The monoisotopic (exact) mass is 503 g/mol. The molecule has 196 valence electrons. The summed E-state index contributed by atoms with van der Waals surface area (Å²) < 4.78 is 11.8. The fourth-order valence-electron chi connectivity index (χ4n) is 5.53. The number of hydrogen-bond acceptors (Lipinski definition) is 5. The van der Waals surface area contributed by atoms with Crippen LogP contribution in [0.5, 0.6) is 5.75 Å². The van der Waals surface area contributed by atoms with Crippen molar-refractivity contribution in [1.29, 1.82) is 0 Å². The number of allylic oxidation sites excluding steroid dienone is 1. The molecule has 1 atom stereocenters. The van der Waals surface area contributed by atoms with Gasteiger partial charge in [-0.25, -0.2) is 0 Å². The summed E-state index contributed by atoms with van der Waals surface area (Å²) in [6, 6.07) is 13.7. The molecule has 5 rings (SSSR count).